The van der Waals surface area contributed by atoms with Crippen molar-refractivity contribution in [3.8, 4) is 0 Å². The van der Waals surface area contributed by atoms with Crippen LogP contribution in [-0.2, 0) is 4.74 Å². The first-order valence-corrected chi connectivity index (χ1v) is 4.61. The van der Waals surface area contributed by atoms with E-state index in [9.17, 15) is 9.18 Å². The molecular formula is C10H16FNO2. The fourth-order valence-electron chi connectivity index (χ4n) is 1.19. The molecule has 4 heteroatoms. The lowest BCUT2D eigenvalue weighted by Crippen LogP contribution is -2.35. The maximum atomic E-state index is 13.0. The summed E-state index contributed by atoms with van der Waals surface area (Å²) < 4.78 is 18.1. The molecule has 0 N–H and O–H groups in total. The topological polar surface area (TPSA) is 29.5 Å². The minimum Gasteiger partial charge on any atom is -0.444 e. The number of hydrogen-bond acceptors (Lipinski definition) is 2. The smallest absolute Gasteiger partial charge is 0.410 e. The predicted molar refractivity (Wildman–Crippen MR) is 51.6 cm³/mol. The molecule has 0 aromatic carbocycles. The summed E-state index contributed by atoms with van der Waals surface area (Å²) in [5.74, 6) is -0.226. The third kappa shape index (κ3) is 2.72. The van der Waals surface area contributed by atoms with E-state index in [1.54, 1.807) is 27.7 Å². The van der Waals surface area contributed by atoms with Crippen LogP contribution in [-0.4, -0.2) is 29.7 Å². The summed E-state index contributed by atoms with van der Waals surface area (Å²) in [5, 5.41) is 0. The van der Waals surface area contributed by atoms with Crippen LogP contribution in [0.4, 0.5) is 9.18 Å². The Morgan fingerprint density at radius 1 is 1.43 bits per heavy atom. The van der Waals surface area contributed by atoms with Gasteiger partial charge in [0.25, 0.3) is 0 Å². The average Bonchev–Trinajstić information content (AvgIpc) is 2.28. The normalized spacial score (nSPS) is 17.6. The molecule has 1 aliphatic heterocycles. The number of carbonyl (C=O) groups excluding carboxylic acids is 1. The van der Waals surface area contributed by atoms with Gasteiger partial charge >= 0.3 is 6.09 Å². The van der Waals surface area contributed by atoms with Crippen molar-refractivity contribution in [2.24, 2.45) is 0 Å². The molecule has 1 amide bonds. The van der Waals surface area contributed by atoms with Crippen molar-refractivity contribution < 1.29 is 13.9 Å². The minimum absolute atomic E-state index is 0.0424. The van der Waals surface area contributed by atoms with Crippen molar-refractivity contribution in [1.29, 1.82) is 0 Å². The van der Waals surface area contributed by atoms with Crippen LogP contribution in [0.2, 0.25) is 0 Å². The molecule has 1 rings (SSSR count). The monoisotopic (exact) mass is 201 g/mol. The molecule has 80 valence electrons. The van der Waals surface area contributed by atoms with Gasteiger partial charge in [0.15, 0.2) is 0 Å². The van der Waals surface area contributed by atoms with Crippen molar-refractivity contribution in [2.75, 3.05) is 13.1 Å². The van der Waals surface area contributed by atoms with Gasteiger partial charge in [-0.2, -0.15) is 0 Å². The van der Waals surface area contributed by atoms with Gasteiger partial charge in [-0.1, -0.05) is 0 Å². The van der Waals surface area contributed by atoms with Crippen LogP contribution in [0.5, 0.6) is 0 Å². The molecule has 0 saturated carbocycles. The van der Waals surface area contributed by atoms with Crippen LogP contribution >= 0.6 is 0 Å². The highest BCUT2D eigenvalue weighted by atomic mass is 19.1. The SMILES string of the molecule is CC1=C(F)CN(C(=O)OC(C)(C)C)C1. The minimum atomic E-state index is -0.524. The van der Waals surface area contributed by atoms with Crippen molar-refractivity contribution in [3.05, 3.63) is 11.4 Å². The summed E-state index contributed by atoms with van der Waals surface area (Å²) in [6.45, 7) is 7.42. The van der Waals surface area contributed by atoms with Crippen LogP contribution in [0, 0.1) is 0 Å². The van der Waals surface area contributed by atoms with Gasteiger partial charge in [-0.15, -0.1) is 0 Å². The number of carbonyl (C=O) groups is 1. The Balaban J connectivity index is 2.51. The molecule has 0 aliphatic carbocycles. The second-order valence-corrected chi connectivity index (χ2v) is 4.52. The van der Waals surface area contributed by atoms with Gasteiger partial charge in [-0.3, -0.25) is 4.90 Å². The van der Waals surface area contributed by atoms with E-state index in [4.69, 9.17) is 4.74 Å². The summed E-state index contributed by atoms with van der Waals surface area (Å²) in [6.07, 6.45) is -0.454. The highest BCUT2D eigenvalue weighted by Crippen LogP contribution is 2.20. The molecule has 0 unspecified atom stereocenters. The summed E-state index contributed by atoms with van der Waals surface area (Å²) in [5.41, 5.74) is 0.0835. The van der Waals surface area contributed by atoms with E-state index in [0.717, 1.165) is 0 Å². The van der Waals surface area contributed by atoms with E-state index in [2.05, 4.69) is 0 Å². The third-order valence-corrected chi connectivity index (χ3v) is 1.87. The summed E-state index contributed by atoms with van der Waals surface area (Å²) in [6, 6.07) is 0. The summed E-state index contributed by atoms with van der Waals surface area (Å²) in [4.78, 5) is 12.8. The Kier molecular flexibility index (Phi) is 2.83. The number of nitrogens with zero attached hydrogens (tertiary/aromatic N) is 1. The Labute approximate surface area is 83.5 Å². The predicted octanol–water partition coefficient (Wildman–Crippen LogP) is 2.48. The molecule has 0 saturated heterocycles. The first-order chi connectivity index (χ1) is 6.29. The summed E-state index contributed by atoms with van der Waals surface area (Å²) in [7, 11) is 0. The van der Waals surface area contributed by atoms with E-state index in [0.29, 0.717) is 12.1 Å². The van der Waals surface area contributed by atoms with Gasteiger partial charge in [0.1, 0.15) is 11.4 Å². The van der Waals surface area contributed by atoms with Crippen LogP contribution < -0.4 is 0 Å². The lowest BCUT2D eigenvalue weighted by atomic mass is 10.2. The van der Waals surface area contributed by atoms with Crippen molar-refractivity contribution >= 4 is 6.09 Å². The molecule has 0 fully saturated rings. The number of halogens is 1. The molecule has 0 radical (unpaired) electrons. The fourth-order valence-corrected chi connectivity index (χ4v) is 1.19. The van der Waals surface area contributed by atoms with Gasteiger partial charge < -0.3 is 4.74 Å². The first-order valence-electron chi connectivity index (χ1n) is 4.61. The van der Waals surface area contributed by atoms with Crippen molar-refractivity contribution in [3.63, 3.8) is 0 Å². The van der Waals surface area contributed by atoms with Gasteiger partial charge in [0, 0.05) is 6.54 Å². The van der Waals surface area contributed by atoms with E-state index in [1.807, 2.05) is 0 Å². The second-order valence-electron chi connectivity index (χ2n) is 4.52. The van der Waals surface area contributed by atoms with Crippen LogP contribution in [0.25, 0.3) is 0 Å². The van der Waals surface area contributed by atoms with Gasteiger partial charge in [0.05, 0.1) is 6.54 Å². The quantitative estimate of drug-likeness (QED) is 0.602. The zero-order chi connectivity index (χ0) is 10.9. The second kappa shape index (κ2) is 3.59. The van der Waals surface area contributed by atoms with Gasteiger partial charge in [-0.25, -0.2) is 9.18 Å². The lowest BCUT2D eigenvalue weighted by Gasteiger charge is -2.24. The first kappa shape index (κ1) is 11.0. The molecule has 1 aliphatic rings. The van der Waals surface area contributed by atoms with Crippen molar-refractivity contribution in [2.45, 2.75) is 33.3 Å². The molecule has 14 heavy (non-hydrogen) atoms. The zero-order valence-corrected chi connectivity index (χ0v) is 9.06. The van der Waals surface area contributed by atoms with Crippen LogP contribution in [0.1, 0.15) is 27.7 Å². The molecule has 0 atom stereocenters. The molecule has 0 bridgehead atoms. The van der Waals surface area contributed by atoms with Gasteiger partial charge in [-0.05, 0) is 33.3 Å². The van der Waals surface area contributed by atoms with E-state index < -0.39 is 11.7 Å². The molecule has 0 spiro atoms. The maximum Gasteiger partial charge on any atom is 0.410 e. The number of amides is 1. The molecule has 3 nitrogen and oxygen atoms in total. The highest BCUT2D eigenvalue weighted by Gasteiger charge is 2.27. The molecule has 0 aromatic rings. The lowest BCUT2D eigenvalue weighted by molar-refractivity contribution is 0.0294. The van der Waals surface area contributed by atoms with Crippen LogP contribution in [0.15, 0.2) is 11.4 Å². The van der Waals surface area contributed by atoms with E-state index in [1.165, 1.54) is 4.90 Å². The van der Waals surface area contributed by atoms with E-state index >= 15 is 0 Å². The maximum absolute atomic E-state index is 13.0. The number of ether oxygens (including phenoxy) is 1. The Morgan fingerprint density at radius 2 is 2.00 bits per heavy atom. The molecule has 1 heterocycles. The molecular weight excluding hydrogens is 185 g/mol. The Hall–Kier alpha value is -1.06. The number of rotatable bonds is 0. The highest BCUT2D eigenvalue weighted by molar-refractivity contribution is 5.69. The molecule has 0 aromatic heterocycles. The van der Waals surface area contributed by atoms with E-state index in [-0.39, 0.29) is 12.4 Å². The van der Waals surface area contributed by atoms with Crippen LogP contribution in [0.3, 0.4) is 0 Å². The average molecular weight is 201 g/mol. The standard InChI is InChI=1S/C10H16FNO2/c1-7-5-12(6-8(7)11)9(13)14-10(2,3)4/h5-6H2,1-4H3. The number of hydrogen-bond donors (Lipinski definition) is 0. The Bertz CT molecular complexity index is 264. The largest absolute Gasteiger partial charge is 0.444 e. The zero-order valence-electron chi connectivity index (χ0n) is 9.06. The fraction of sp³-hybridized carbons (Fsp3) is 0.700. The third-order valence-electron chi connectivity index (χ3n) is 1.87. The van der Waals surface area contributed by atoms with Gasteiger partial charge in [0.2, 0.25) is 0 Å². The summed E-state index contributed by atoms with van der Waals surface area (Å²) >= 11 is 0. The van der Waals surface area contributed by atoms with Crippen molar-refractivity contribution in [1.82, 2.24) is 4.90 Å². The Morgan fingerprint density at radius 3 is 2.36 bits per heavy atom.